The number of amides is 1. The van der Waals surface area contributed by atoms with E-state index in [-0.39, 0.29) is 35.6 Å². The van der Waals surface area contributed by atoms with Crippen LogP contribution in [0.3, 0.4) is 0 Å². The molecule has 1 heterocycles. The summed E-state index contributed by atoms with van der Waals surface area (Å²) in [6.07, 6.45) is -0.210. The molecule has 1 amide bonds. The second-order valence-corrected chi connectivity index (χ2v) is 9.05. The summed E-state index contributed by atoms with van der Waals surface area (Å²) in [5.74, 6) is -3.74. The number of nitrogens with zero attached hydrogens (tertiary/aromatic N) is 1. The molecule has 0 bridgehead atoms. The van der Waals surface area contributed by atoms with E-state index in [1.165, 1.54) is 41.5 Å². The average molecular weight is 457 g/mol. The average Bonchev–Trinajstić information content (AvgIpc) is 3.00. The number of alkyl halides is 1. The van der Waals surface area contributed by atoms with Crippen LogP contribution in [-0.4, -0.2) is 46.4 Å². The third kappa shape index (κ3) is 4.88. The molecule has 0 aromatic heterocycles. The van der Waals surface area contributed by atoms with Crippen molar-refractivity contribution in [2.45, 2.75) is 38.5 Å². The number of rotatable bonds is 6. The molecule has 0 radical (unpaired) electrons. The number of hydrogen-bond acceptors (Lipinski definition) is 3. The molecule has 3 rings (SSSR count). The molecule has 2 aromatic carbocycles. The van der Waals surface area contributed by atoms with Crippen molar-refractivity contribution in [3.63, 3.8) is 0 Å². The second-order valence-electron chi connectivity index (χ2n) is 7.91. The van der Waals surface area contributed by atoms with Gasteiger partial charge in [0.1, 0.15) is 24.3 Å². The molecule has 1 fully saturated rings. The Morgan fingerprint density at radius 2 is 1.77 bits per heavy atom. The van der Waals surface area contributed by atoms with Crippen LogP contribution in [0.1, 0.15) is 19.4 Å². The van der Waals surface area contributed by atoms with E-state index in [1.54, 1.807) is 13.8 Å². The van der Waals surface area contributed by atoms with E-state index < -0.39 is 53.0 Å². The zero-order chi connectivity index (χ0) is 22.9. The maximum atomic E-state index is 15.3. The van der Waals surface area contributed by atoms with Gasteiger partial charge in [0, 0.05) is 28.4 Å². The van der Waals surface area contributed by atoms with E-state index in [4.69, 9.17) is 0 Å². The van der Waals surface area contributed by atoms with Crippen LogP contribution >= 0.6 is 0 Å². The molecule has 4 nitrogen and oxygen atoms in total. The van der Waals surface area contributed by atoms with Crippen molar-refractivity contribution in [1.29, 1.82) is 0 Å². The number of carbonyl (C=O) groups is 1. The number of hydrogen-bond donors (Lipinski definition) is 1. The van der Waals surface area contributed by atoms with E-state index >= 15 is 4.39 Å². The third-order valence-corrected chi connectivity index (χ3v) is 6.01. The summed E-state index contributed by atoms with van der Waals surface area (Å²) < 4.78 is 72.3. The maximum absolute atomic E-state index is 15.3. The lowest BCUT2D eigenvalue weighted by atomic mass is 9.95. The Balaban J connectivity index is 1.99. The van der Waals surface area contributed by atoms with Gasteiger partial charge in [-0.2, -0.15) is 0 Å². The van der Waals surface area contributed by atoms with Crippen molar-refractivity contribution in [3.8, 4) is 11.1 Å². The Hall–Kier alpha value is -2.10. The Morgan fingerprint density at radius 3 is 2.39 bits per heavy atom. The van der Waals surface area contributed by atoms with Crippen LogP contribution in [0.15, 0.2) is 36.4 Å². The molecular weight excluding hydrogens is 432 g/mol. The number of nitrogens with one attached hydrogen (secondary N) is 1. The van der Waals surface area contributed by atoms with Crippen LogP contribution in [-0.2, 0) is 22.6 Å². The minimum Gasteiger partial charge on any atom is -0.598 e. The molecule has 0 aliphatic carbocycles. The van der Waals surface area contributed by atoms with Crippen LogP contribution in [0.4, 0.5) is 17.6 Å². The Kier molecular flexibility index (Phi) is 7.28. The Labute approximate surface area is 181 Å². The molecule has 9 heteroatoms. The van der Waals surface area contributed by atoms with E-state index in [1.807, 2.05) is 0 Å². The number of carbonyl (C=O) groups excluding carboxylic acids is 1. The van der Waals surface area contributed by atoms with Crippen LogP contribution in [0, 0.1) is 23.4 Å². The summed E-state index contributed by atoms with van der Waals surface area (Å²) in [5.41, 5.74) is -0.237. The van der Waals surface area contributed by atoms with E-state index in [0.29, 0.717) is 0 Å². The minimum absolute atomic E-state index is 0.0790. The fourth-order valence-electron chi connectivity index (χ4n) is 3.92. The van der Waals surface area contributed by atoms with Gasteiger partial charge < -0.3 is 9.45 Å². The van der Waals surface area contributed by atoms with E-state index in [9.17, 15) is 22.5 Å². The monoisotopic (exact) mass is 456 g/mol. The zero-order valence-electron chi connectivity index (χ0n) is 17.4. The van der Waals surface area contributed by atoms with Crippen molar-refractivity contribution < 1.29 is 26.9 Å². The quantitative estimate of drug-likeness (QED) is 0.532. The van der Waals surface area contributed by atoms with Gasteiger partial charge in [-0.1, -0.05) is 44.2 Å². The predicted molar refractivity (Wildman–Crippen MR) is 112 cm³/mol. The molecule has 168 valence electrons. The van der Waals surface area contributed by atoms with Gasteiger partial charge in [-0.3, -0.25) is 4.79 Å². The van der Waals surface area contributed by atoms with E-state index in [2.05, 4.69) is 4.72 Å². The first-order valence-corrected chi connectivity index (χ1v) is 11.4. The number of benzene rings is 2. The maximum Gasteiger partial charge on any atom is 0.225 e. The third-order valence-electron chi connectivity index (χ3n) is 5.40. The summed E-state index contributed by atoms with van der Waals surface area (Å²) in [5, 5.41) is 0. The van der Waals surface area contributed by atoms with Crippen molar-refractivity contribution in [2.75, 3.05) is 12.8 Å². The largest absolute Gasteiger partial charge is 0.598 e. The lowest BCUT2D eigenvalue weighted by Gasteiger charge is -2.29. The first-order valence-electron chi connectivity index (χ1n) is 9.87. The first-order chi connectivity index (χ1) is 14.6. The minimum atomic E-state index is -1.55. The highest BCUT2D eigenvalue weighted by Gasteiger charge is 2.46. The lowest BCUT2D eigenvalue weighted by molar-refractivity contribution is -0.135. The van der Waals surface area contributed by atoms with Crippen molar-refractivity contribution >= 4 is 17.3 Å². The van der Waals surface area contributed by atoms with Gasteiger partial charge in [0.05, 0.1) is 12.6 Å². The normalized spacial score (nSPS) is 22.2. The SMILES string of the molecule is CC(C)C(=O)N1C[C@H](F)[C@H](N[S+](C)[O-])[C@@H]1Cc1cccc(-c2cccc(F)c2F)c1F. The summed E-state index contributed by atoms with van der Waals surface area (Å²) in [4.78, 5) is 14.0. The summed E-state index contributed by atoms with van der Waals surface area (Å²) in [7, 11) is 0. The van der Waals surface area contributed by atoms with Gasteiger partial charge in [0.25, 0.3) is 0 Å². The topological polar surface area (TPSA) is 55.4 Å². The van der Waals surface area contributed by atoms with Gasteiger partial charge >= 0.3 is 0 Å². The van der Waals surface area contributed by atoms with Gasteiger partial charge in [-0.25, -0.2) is 17.6 Å². The van der Waals surface area contributed by atoms with Crippen LogP contribution in [0.2, 0.25) is 0 Å². The van der Waals surface area contributed by atoms with Gasteiger partial charge in [0.15, 0.2) is 11.6 Å². The zero-order valence-corrected chi connectivity index (χ0v) is 18.2. The van der Waals surface area contributed by atoms with Crippen molar-refractivity contribution in [3.05, 3.63) is 59.4 Å². The predicted octanol–water partition coefficient (Wildman–Crippen LogP) is 3.77. The Morgan fingerprint density at radius 1 is 1.16 bits per heavy atom. The molecule has 1 saturated heterocycles. The number of halogens is 4. The fourth-order valence-corrected chi connectivity index (χ4v) is 4.61. The molecule has 1 aliphatic heterocycles. The summed E-state index contributed by atoms with van der Waals surface area (Å²) >= 11 is -1.55. The first kappa shape index (κ1) is 23.6. The highest BCUT2D eigenvalue weighted by Crippen LogP contribution is 2.32. The smallest absolute Gasteiger partial charge is 0.225 e. The molecule has 1 unspecified atom stereocenters. The van der Waals surface area contributed by atoms with Crippen molar-refractivity contribution in [1.82, 2.24) is 9.62 Å². The molecule has 0 saturated carbocycles. The molecular formula is C22H24F4N2O2S. The van der Waals surface area contributed by atoms with E-state index in [0.717, 1.165) is 6.07 Å². The standard InChI is InChI=1S/C22H24F4N2O2S/c1-12(2)22(29)28-11-17(24)21(27-31(3)30)18(28)10-13-6-4-7-14(19(13)25)15-8-5-9-16(23)20(15)26/h4-9,12,17-18,21,27H,10-11H2,1-3H3/t17-,18-,21-,31?/m0/s1. The highest BCUT2D eigenvalue weighted by molar-refractivity contribution is 7.88. The molecule has 1 aliphatic rings. The highest BCUT2D eigenvalue weighted by atomic mass is 32.2. The lowest BCUT2D eigenvalue weighted by Crippen LogP contribution is -2.50. The summed E-state index contributed by atoms with van der Waals surface area (Å²) in [6.45, 7) is 3.16. The molecule has 0 spiro atoms. The molecule has 2 aromatic rings. The van der Waals surface area contributed by atoms with Crippen molar-refractivity contribution in [2.24, 2.45) is 5.92 Å². The molecule has 1 N–H and O–H groups in total. The van der Waals surface area contributed by atoms with Crippen LogP contribution in [0.25, 0.3) is 11.1 Å². The summed E-state index contributed by atoms with van der Waals surface area (Å²) in [6, 6.07) is 6.03. The Bertz CT molecular complexity index is 957. The van der Waals surface area contributed by atoms with Crippen LogP contribution < -0.4 is 4.72 Å². The molecule has 31 heavy (non-hydrogen) atoms. The molecule has 4 atom stereocenters. The van der Waals surface area contributed by atoms with Gasteiger partial charge in [-0.15, -0.1) is 4.72 Å². The van der Waals surface area contributed by atoms with Gasteiger partial charge in [0.2, 0.25) is 5.91 Å². The second kappa shape index (κ2) is 9.58. The van der Waals surface area contributed by atoms with Crippen LogP contribution in [0.5, 0.6) is 0 Å². The number of likely N-dealkylation sites (tertiary alicyclic amines) is 1. The fraction of sp³-hybridized carbons (Fsp3) is 0.409. The van der Waals surface area contributed by atoms with Gasteiger partial charge in [-0.05, 0) is 18.1 Å².